The number of carbonyl (C=O) groups is 2. The first-order chi connectivity index (χ1) is 14.0. The second-order valence-electron chi connectivity index (χ2n) is 6.22. The van der Waals surface area contributed by atoms with Gasteiger partial charge in [0.05, 0.1) is 14.2 Å². The molecule has 0 atom stereocenters. The second-order valence-corrected chi connectivity index (χ2v) is 6.22. The number of ether oxygens (including phenoxy) is 2. The summed E-state index contributed by atoms with van der Waals surface area (Å²) in [6.45, 7) is 1.48. The number of nitrogens with zero attached hydrogens (tertiary/aromatic N) is 1. The Bertz CT molecular complexity index is 1050. The van der Waals surface area contributed by atoms with E-state index in [2.05, 4.69) is 15.6 Å². The first kappa shape index (κ1) is 19.9. The molecule has 0 saturated carbocycles. The summed E-state index contributed by atoms with van der Waals surface area (Å²) in [6.07, 6.45) is 1.55. The third kappa shape index (κ3) is 4.90. The van der Waals surface area contributed by atoms with Crippen molar-refractivity contribution < 1.29 is 19.1 Å². The van der Waals surface area contributed by atoms with Crippen molar-refractivity contribution in [3.63, 3.8) is 0 Å². The maximum atomic E-state index is 12.6. The van der Waals surface area contributed by atoms with Crippen molar-refractivity contribution in [2.75, 3.05) is 24.9 Å². The first-order valence-electron chi connectivity index (χ1n) is 8.87. The van der Waals surface area contributed by atoms with Gasteiger partial charge in [0.2, 0.25) is 0 Å². The minimum atomic E-state index is -0.373. The molecule has 0 bridgehead atoms. The molecule has 1 aromatic heterocycles. The standard InChI is InChI=1S/C22H21N3O4/c1-14(26)15-5-4-6-16(11-15)25-22(27)19-12-18(9-10-23-19)24-17-7-8-20(28-2)21(13-17)29-3/h4-13H,1-3H3,(H,23,24)(H,25,27). The number of ketones is 1. The first-order valence-corrected chi connectivity index (χ1v) is 8.87. The Morgan fingerprint density at radius 3 is 2.34 bits per heavy atom. The Morgan fingerprint density at radius 1 is 0.862 bits per heavy atom. The van der Waals surface area contributed by atoms with Gasteiger partial charge in [0.25, 0.3) is 5.91 Å². The van der Waals surface area contributed by atoms with Gasteiger partial charge in [-0.25, -0.2) is 0 Å². The smallest absolute Gasteiger partial charge is 0.274 e. The van der Waals surface area contributed by atoms with E-state index in [0.29, 0.717) is 28.4 Å². The Kier molecular flexibility index (Phi) is 6.09. The number of hydrogen-bond acceptors (Lipinski definition) is 6. The Labute approximate surface area is 168 Å². The number of nitrogens with one attached hydrogen (secondary N) is 2. The molecule has 7 nitrogen and oxygen atoms in total. The van der Waals surface area contributed by atoms with Gasteiger partial charge in [0.1, 0.15) is 5.69 Å². The zero-order chi connectivity index (χ0) is 20.8. The van der Waals surface area contributed by atoms with Gasteiger partial charge in [0, 0.05) is 34.9 Å². The summed E-state index contributed by atoms with van der Waals surface area (Å²) < 4.78 is 10.5. The van der Waals surface area contributed by atoms with E-state index in [1.165, 1.54) is 6.92 Å². The maximum absolute atomic E-state index is 12.6. The van der Waals surface area contributed by atoms with Crippen LogP contribution in [-0.4, -0.2) is 30.9 Å². The lowest BCUT2D eigenvalue weighted by molar-refractivity contribution is 0.100. The number of amides is 1. The average molecular weight is 391 g/mol. The fourth-order valence-corrected chi connectivity index (χ4v) is 2.72. The van der Waals surface area contributed by atoms with Crippen LogP contribution in [0.15, 0.2) is 60.8 Å². The van der Waals surface area contributed by atoms with Gasteiger partial charge in [-0.3, -0.25) is 14.6 Å². The van der Waals surface area contributed by atoms with Crippen LogP contribution in [0.1, 0.15) is 27.8 Å². The number of rotatable bonds is 7. The van der Waals surface area contributed by atoms with Gasteiger partial charge in [-0.2, -0.15) is 0 Å². The molecule has 0 spiro atoms. The second kappa shape index (κ2) is 8.88. The lowest BCUT2D eigenvalue weighted by atomic mass is 10.1. The van der Waals surface area contributed by atoms with Crippen LogP contribution >= 0.6 is 0 Å². The van der Waals surface area contributed by atoms with Crippen molar-refractivity contribution in [2.45, 2.75) is 6.92 Å². The molecule has 7 heteroatoms. The van der Waals surface area contributed by atoms with Crippen molar-refractivity contribution in [1.82, 2.24) is 4.98 Å². The molecule has 1 amide bonds. The van der Waals surface area contributed by atoms with Gasteiger partial charge >= 0.3 is 0 Å². The lowest BCUT2D eigenvalue weighted by Gasteiger charge is -2.12. The molecule has 2 N–H and O–H groups in total. The summed E-state index contributed by atoms with van der Waals surface area (Å²) in [5.74, 6) is 0.775. The van der Waals surface area contributed by atoms with Crippen LogP contribution in [0.4, 0.5) is 17.1 Å². The van der Waals surface area contributed by atoms with Crippen molar-refractivity contribution in [1.29, 1.82) is 0 Å². The fourth-order valence-electron chi connectivity index (χ4n) is 2.72. The van der Waals surface area contributed by atoms with Crippen molar-refractivity contribution in [3.8, 4) is 11.5 Å². The van der Waals surface area contributed by atoms with E-state index < -0.39 is 0 Å². The highest BCUT2D eigenvalue weighted by Crippen LogP contribution is 2.31. The molecular formula is C22H21N3O4. The molecule has 0 unspecified atom stereocenters. The largest absolute Gasteiger partial charge is 0.493 e. The summed E-state index contributed by atoms with van der Waals surface area (Å²) in [5, 5.41) is 5.97. The van der Waals surface area contributed by atoms with E-state index in [9.17, 15) is 9.59 Å². The van der Waals surface area contributed by atoms with E-state index in [0.717, 1.165) is 5.69 Å². The topological polar surface area (TPSA) is 89.5 Å². The summed E-state index contributed by atoms with van der Waals surface area (Å²) in [7, 11) is 3.14. The molecule has 3 rings (SSSR count). The minimum absolute atomic E-state index is 0.0691. The molecular weight excluding hydrogens is 370 g/mol. The van der Waals surface area contributed by atoms with Gasteiger partial charge in [-0.1, -0.05) is 12.1 Å². The minimum Gasteiger partial charge on any atom is -0.493 e. The van der Waals surface area contributed by atoms with E-state index in [1.807, 2.05) is 6.07 Å². The molecule has 0 aliphatic heterocycles. The van der Waals surface area contributed by atoms with Crippen LogP contribution < -0.4 is 20.1 Å². The molecule has 0 aliphatic carbocycles. The zero-order valence-electron chi connectivity index (χ0n) is 16.4. The van der Waals surface area contributed by atoms with Gasteiger partial charge in [0.15, 0.2) is 17.3 Å². The summed E-state index contributed by atoms with van der Waals surface area (Å²) in [5.41, 5.74) is 2.76. The molecule has 1 heterocycles. The number of anilines is 3. The van der Waals surface area contributed by atoms with Crippen LogP contribution in [0.3, 0.4) is 0 Å². The van der Waals surface area contributed by atoms with E-state index in [-0.39, 0.29) is 17.4 Å². The number of benzene rings is 2. The van der Waals surface area contributed by atoms with E-state index in [1.54, 1.807) is 68.9 Å². The van der Waals surface area contributed by atoms with Crippen molar-refractivity contribution >= 4 is 28.8 Å². The van der Waals surface area contributed by atoms with Crippen LogP contribution in [0.2, 0.25) is 0 Å². The normalized spacial score (nSPS) is 10.2. The van der Waals surface area contributed by atoms with E-state index in [4.69, 9.17) is 9.47 Å². The Hall–Kier alpha value is -3.87. The molecule has 2 aromatic carbocycles. The summed E-state index contributed by atoms with van der Waals surface area (Å²) >= 11 is 0. The highest BCUT2D eigenvalue weighted by molar-refractivity contribution is 6.04. The molecule has 0 aliphatic rings. The Balaban J connectivity index is 1.76. The third-order valence-corrected chi connectivity index (χ3v) is 4.19. The number of hydrogen-bond donors (Lipinski definition) is 2. The summed E-state index contributed by atoms with van der Waals surface area (Å²) in [6, 6.07) is 15.6. The fraction of sp³-hybridized carbons (Fsp3) is 0.136. The van der Waals surface area contributed by atoms with Crippen LogP contribution in [0.25, 0.3) is 0 Å². The number of pyridine rings is 1. The van der Waals surface area contributed by atoms with Gasteiger partial charge in [-0.05, 0) is 43.3 Å². The average Bonchev–Trinajstić information content (AvgIpc) is 2.74. The van der Waals surface area contributed by atoms with Crippen LogP contribution in [-0.2, 0) is 0 Å². The van der Waals surface area contributed by atoms with Crippen LogP contribution in [0.5, 0.6) is 11.5 Å². The van der Waals surface area contributed by atoms with Crippen molar-refractivity contribution in [2.24, 2.45) is 0 Å². The quantitative estimate of drug-likeness (QED) is 0.584. The molecule has 0 saturated heterocycles. The molecule has 0 fully saturated rings. The number of Topliss-reactive ketones (excluding diaryl/α,β-unsaturated/α-hetero) is 1. The van der Waals surface area contributed by atoms with E-state index >= 15 is 0 Å². The monoisotopic (exact) mass is 391 g/mol. The number of aromatic nitrogens is 1. The highest BCUT2D eigenvalue weighted by Gasteiger charge is 2.11. The van der Waals surface area contributed by atoms with Gasteiger partial charge in [-0.15, -0.1) is 0 Å². The molecule has 29 heavy (non-hydrogen) atoms. The third-order valence-electron chi connectivity index (χ3n) is 4.19. The number of methoxy groups -OCH3 is 2. The van der Waals surface area contributed by atoms with Gasteiger partial charge < -0.3 is 20.1 Å². The Morgan fingerprint density at radius 2 is 1.62 bits per heavy atom. The predicted octanol–water partition coefficient (Wildman–Crippen LogP) is 4.30. The maximum Gasteiger partial charge on any atom is 0.274 e. The van der Waals surface area contributed by atoms with Crippen molar-refractivity contribution in [3.05, 3.63) is 72.1 Å². The lowest BCUT2D eigenvalue weighted by Crippen LogP contribution is -2.14. The molecule has 0 radical (unpaired) electrons. The molecule has 3 aromatic rings. The highest BCUT2D eigenvalue weighted by atomic mass is 16.5. The predicted molar refractivity (Wildman–Crippen MR) is 111 cm³/mol. The van der Waals surface area contributed by atoms with Crippen LogP contribution in [0, 0.1) is 0 Å². The SMILES string of the molecule is COc1ccc(Nc2ccnc(C(=O)Nc3cccc(C(C)=O)c3)c2)cc1OC. The summed E-state index contributed by atoms with van der Waals surface area (Å²) in [4.78, 5) is 28.2. The zero-order valence-corrected chi connectivity index (χ0v) is 16.4. The molecule has 148 valence electrons. The number of carbonyl (C=O) groups excluding carboxylic acids is 2.